The number of ether oxygens (including phenoxy) is 2. The summed E-state index contributed by atoms with van der Waals surface area (Å²) in [4.78, 5) is 13.4. The molecule has 0 saturated carbocycles. The lowest BCUT2D eigenvalue weighted by molar-refractivity contribution is -0.143. The third kappa shape index (κ3) is 3.98. The molecular formula is C21H22N4O6S. The number of nitrogens with zero attached hydrogens (tertiary/aromatic N) is 2. The molecule has 0 fully saturated rings. The minimum Gasteiger partial charge on any atom is -0.508 e. The van der Waals surface area contributed by atoms with Gasteiger partial charge in [-0.25, -0.2) is 18.2 Å². The van der Waals surface area contributed by atoms with Gasteiger partial charge in [0, 0.05) is 17.7 Å². The Morgan fingerprint density at radius 2 is 2.12 bits per heavy atom. The molecule has 0 radical (unpaired) electrons. The van der Waals surface area contributed by atoms with Gasteiger partial charge in [0.1, 0.15) is 11.5 Å². The second-order valence-electron chi connectivity index (χ2n) is 7.58. The third-order valence-electron chi connectivity index (χ3n) is 4.91. The van der Waals surface area contributed by atoms with Crippen LogP contribution in [0.3, 0.4) is 0 Å². The first-order valence-corrected chi connectivity index (χ1v) is 10.9. The van der Waals surface area contributed by atoms with Gasteiger partial charge < -0.3 is 14.6 Å². The van der Waals surface area contributed by atoms with Crippen molar-refractivity contribution in [2.45, 2.75) is 35.8 Å². The Bertz CT molecular complexity index is 1240. The van der Waals surface area contributed by atoms with E-state index in [-0.39, 0.29) is 16.4 Å². The first-order valence-electron chi connectivity index (χ1n) is 9.43. The Hall–Kier alpha value is -3.62. The Balaban J connectivity index is 2.12. The fourth-order valence-corrected chi connectivity index (χ4v) is 4.52. The smallest absolute Gasteiger partial charge is 0.365 e. The van der Waals surface area contributed by atoms with E-state index in [1.165, 1.54) is 36.4 Å². The molecule has 10 nitrogen and oxygen atoms in total. The number of esters is 1. The van der Waals surface area contributed by atoms with E-state index in [0.717, 1.165) is 7.11 Å². The molecule has 1 aliphatic carbocycles. The number of allylic oxidation sites excluding steroid dienone is 3. The average molecular weight is 458 g/mol. The maximum absolute atomic E-state index is 13.5. The summed E-state index contributed by atoms with van der Waals surface area (Å²) >= 11 is 0. The van der Waals surface area contributed by atoms with Gasteiger partial charge in [-0.05, 0) is 50.3 Å². The second-order valence-corrected chi connectivity index (χ2v) is 9.68. The van der Waals surface area contributed by atoms with Crippen LogP contribution in [0, 0.1) is 11.5 Å². The number of nitrogens with one attached hydrogen (secondary N) is 1. The van der Waals surface area contributed by atoms with Crippen molar-refractivity contribution in [1.29, 1.82) is 5.26 Å². The molecule has 1 aromatic rings. The van der Waals surface area contributed by atoms with E-state index >= 15 is 0 Å². The van der Waals surface area contributed by atoms with Gasteiger partial charge in [0.25, 0.3) is 0 Å². The van der Waals surface area contributed by atoms with Crippen molar-refractivity contribution in [3.63, 3.8) is 0 Å². The number of carbonyl (C=O) groups is 1. The Morgan fingerprint density at radius 3 is 2.78 bits per heavy atom. The van der Waals surface area contributed by atoms with Crippen molar-refractivity contribution >= 4 is 27.6 Å². The Kier molecular flexibility index (Phi) is 5.86. The van der Waals surface area contributed by atoms with Crippen LogP contribution in [0.4, 0.5) is 0 Å². The molecule has 1 aromatic carbocycles. The zero-order valence-corrected chi connectivity index (χ0v) is 18.4. The van der Waals surface area contributed by atoms with Crippen molar-refractivity contribution in [3.8, 4) is 11.9 Å². The topological polar surface area (TPSA) is 164 Å². The number of hydrogen-bond acceptors (Lipinski definition) is 10. The van der Waals surface area contributed by atoms with E-state index in [9.17, 15) is 18.3 Å². The molecule has 0 amide bonds. The monoisotopic (exact) mass is 458 g/mol. The first-order chi connectivity index (χ1) is 14.9. The van der Waals surface area contributed by atoms with E-state index in [1.54, 1.807) is 26.1 Å². The van der Waals surface area contributed by atoms with Crippen LogP contribution in [0.15, 0.2) is 57.8 Å². The summed E-state index contributed by atoms with van der Waals surface area (Å²) in [5.41, 5.74) is 5.89. The quantitative estimate of drug-likeness (QED) is 0.338. The molecule has 0 aromatic heterocycles. The van der Waals surface area contributed by atoms with Crippen molar-refractivity contribution in [2.24, 2.45) is 10.7 Å². The third-order valence-corrected chi connectivity index (χ3v) is 6.87. The van der Waals surface area contributed by atoms with E-state index < -0.39 is 26.4 Å². The molecule has 1 atom stereocenters. The number of sulfone groups is 1. The normalized spacial score (nSPS) is 20.0. The molecule has 0 spiro atoms. The van der Waals surface area contributed by atoms with Gasteiger partial charge >= 0.3 is 11.0 Å². The van der Waals surface area contributed by atoms with Crippen LogP contribution in [0.25, 0.3) is 6.08 Å². The molecule has 0 saturated heterocycles. The van der Waals surface area contributed by atoms with Gasteiger partial charge in [-0.3, -0.25) is 11.1 Å². The van der Waals surface area contributed by atoms with Crippen molar-refractivity contribution in [3.05, 3.63) is 53.4 Å². The molecule has 32 heavy (non-hydrogen) atoms. The maximum Gasteiger partial charge on any atom is 0.365 e. The number of aliphatic hydroxyl groups is 1. The molecule has 11 heteroatoms. The van der Waals surface area contributed by atoms with Crippen LogP contribution >= 0.6 is 0 Å². The molecule has 3 rings (SSSR count). The molecule has 1 heterocycles. The minimum atomic E-state index is -4.62. The van der Waals surface area contributed by atoms with Crippen molar-refractivity contribution < 1.29 is 27.8 Å². The summed E-state index contributed by atoms with van der Waals surface area (Å²) in [6.07, 6.45) is 8.06. The summed E-state index contributed by atoms with van der Waals surface area (Å²) in [6, 6.07) is 3.88. The summed E-state index contributed by atoms with van der Waals surface area (Å²) in [5, 5.41) is 21.4. The van der Waals surface area contributed by atoms with Crippen molar-refractivity contribution in [2.75, 3.05) is 7.11 Å². The van der Waals surface area contributed by atoms with E-state index in [4.69, 9.17) is 15.7 Å². The number of benzene rings is 1. The molecule has 168 valence electrons. The Labute approximate surface area is 185 Å². The van der Waals surface area contributed by atoms with Crippen LogP contribution in [0.2, 0.25) is 0 Å². The van der Waals surface area contributed by atoms with Crippen LogP contribution in [-0.2, 0) is 19.4 Å². The number of hydrogen-bond donors (Lipinski definition) is 3. The highest BCUT2D eigenvalue weighted by molar-refractivity contribution is 7.93. The van der Waals surface area contributed by atoms with E-state index in [2.05, 4.69) is 15.0 Å². The number of aliphatic hydroxyl groups excluding tert-OH is 1. The summed E-state index contributed by atoms with van der Waals surface area (Å²) in [6.45, 7) is 3.32. The first kappa shape index (κ1) is 23.1. The predicted molar refractivity (Wildman–Crippen MR) is 116 cm³/mol. The highest BCUT2D eigenvalue weighted by Gasteiger charge is 2.50. The second kappa shape index (κ2) is 8.14. The highest BCUT2D eigenvalue weighted by Crippen LogP contribution is 2.37. The molecule has 1 aliphatic heterocycles. The van der Waals surface area contributed by atoms with Crippen molar-refractivity contribution in [1.82, 2.24) is 5.32 Å². The number of rotatable bonds is 5. The lowest BCUT2D eigenvalue weighted by Gasteiger charge is -2.31. The minimum absolute atomic E-state index is 0.0612. The molecule has 2 aliphatic rings. The number of aliphatic imine (C=N–C) groups is 1. The fraction of sp³-hybridized carbons (Fsp3) is 0.286. The van der Waals surface area contributed by atoms with Crippen LogP contribution < -0.4 is 15.8 Å². The zero-order chi connectivity index (χ0) is 23.7. The molecule has 1 unspecified atom stereocenters. The van der Waals surface area contributed by atoms with E-state index in [1.807, 2.05) is 0 Å². The van der Waals surface area contributed by atoms with Gasteiger partial charge in [0.15, 0.2) is 11.8 Å². The van der Waals surface area contributed by atoms with Crippen LogP contribution in [-0.4, -0.2) is 42.9 Å². The number of nitriles is 1. The van der Waals surface area contributed by atoms with Crippen LogP contribution in [0.1, 0.15) is 25.8 Å². The van der Waals surface area contributed by atoms with Crippen LogP contribution in [0.5, 0.6) is 5.75 Å². The predicted octanol–water partition coefficient (Wildman–Crippen LogP) is 1.67. The standard InChI is InChI=1S/C21H22N4O6S/c1-20(2)18(26)10-13-9-16(7-8-17(13)31-20)32(28,29)21(23,19(27)30-3)25-15-6-4-5-14(11-15)24-12-22/h4,6-11,24,26H,5,23H2,1-3H3. The molecule has 4 N–H and O–H groups in total. The van der Waals surface area contributed by atoms with Gasteiger partial charge in [-0.1, -0.05) is 6.08 Å². The summed E-state index contributed by atoms with van der Waals surface area (Å²) in [7, 11) is -3.62. The summed E-state index contributed by atoms with van der Waals surface area (Å²) < 4.78 is 37.3. The van der Waals surface area contributed by atoms with Gasteiger partial charge in [0.05, 0.1) is 17.7 Å². The van der Waals surface area contributed by atoms with Gasteiger partial charge in [-0.2, -0.15) is 5.26 Å². The number of carbonyl (C=O) groups excluding carboxylic acids is 1. The van der Waals surface area contributed by atoms with E-state index in [0.29, 0.717) is 23.4 Å². The molecule has 0 bridgehead atoms. The SMILES string of the molecule is COC(=O)C(N)(N=C1C=CCC(NC#N)=C1)S(=O)(=O)c1ccc2c(c1)C=C(O)C(C)(C)O2. The highest BCUT2D eigenvalue weighted by atomic mass is 32.2. The van der Waals surface area contributed by atoms with Gasteiger partial charge in [-0.15, -0.1) is 0 Å². The van der Waals surface area contributed by atoms with Gasteiger partial charge in [0.2, 0.25) is 9.84 Å². The number of nitrogens with two attached hydrogens (primary N) is 1. The lowest BCUT2D eigenvalue weighted by atomic mass is 10.0. The average Bonchev–Trinajstić information content (AvgIpc) is 2.73. The lowest BCUT2D eigenvalue weighted by Crippen LogP contribution is -2.54. The zero-order valence-electron chi connectivity index (χ0n) is 17.6. The number of fused-ring (bicyclic) bond motifs is 1. The maximum atomic E-state index is 13.5. The largest absolute Gasteiger partial charge is 0.508 e. The number of methoxy groups -OCH3 is 1. The molecular weight excluding hydrogens is 436 g/mol. The Morgan fingerprint density at radius 1 is 1.41 bits per heavy atom. The summed E-state index contributed by atoms with van der Waals surface area (Å²) in [5.74, 6) is -1.04. The fourth-order valence-electron chi connectivity index (χ4n) is 3.10.